The molecule has 0 radical (unpaired) electrons. The number of morpholine rings is 1. The van der Waals surface area contributed by atoms with Crippen LogP contribution < -0.4 is 0 Å². The summed E-state index contributed by atoms with van der Waals surface area (Å²) in [6.07, 6.45) is 0. The van der Waals surface area contributed by atoms with E-state index in [4.69, 9.17) is 21.1 Å². The predicted molar refractivity (Wildman–Crippen MR) is 46.2 cm³/mol. The highest BCUT2D eigenvalue weighted by atomic mass is 35.5. The molecule has 0 spiro atoms. The van der Waals surface area contributed by atoms with Gasteiger partial charge in [-0.3, -0.25) is 0 Å². The van der Waals surface area contributed by atoms with E-state index in [2.05, 4.69) is 0 Å². The molecular formula is C8H10ClNO3. The van der Waals surface area contributed by atoms with E-state index in [0.717, 1.165) is 18.8 Å². The number of cyclic esters (lactones) is 1. The van der Waals surface area contributed by atoms with Crippen molar-refractivity contribution in [2.75, 3.05) is 32.9 Å². The van der Waals surface area contributed by atoms with Crippen molar-refractivity contribution in [1.29, 1.82) is 0 Å². The second kappa shape index (κ2) is 3.55. The molecule has 4 nitrogen and oxygen atoms in total. The lowest BCUT2D eigenvalue weighted by Crippen LogP contribution is -2.36. The van der Waals surface area contributed by atoms with Crippen LogP contribution in [0.25, 0.3) is 0 Å². The number of hydrogen-bond donors (Lipinski definition) is 0. The molecule has 2 rings (SSSR count). The summed E-state index contributed by atoms with van der Waals surface area (Å²) in [5.41, 5.74) is 0.801. The number of nitrogens with zero attached hydrogens (tertiary/aromatic N) is 1. The van der Waals surface area contributed by atoms with Gasteiger partial charge < -0.3 is 14.4 Å². The number of carbonyl (C=O) groups excluding carboxylic acids is 1. The van der Waals surface area contributed by atoms with Gasteiger partial charge in [0.05, 0.1) is 18.9 Å². The third-order valence-corrected chi connectivity index (χ3v) is 2.54. The Kier molecular flexibility index (Phi) is 2.42. The molecule has 0 N–H and O–H groups in total. The molecule has 0 bridgehead atoms. The lowest BCUT2D eigenvalue weighted by atomic mass is 10.3. The highest BCUT2D eigenvalue weighted by Gasteiger charge is 2.27. The van der Waals surface area contributed by atoms with Gasteiger partial charge in [-0.2, -0.15) is 0 Å². The molecule has 0 aromatic heterocycles. The summed E-state index contributed by atoms with van der Waals surface area (Å²) in [4.78, 5) is 13.0. The van der Waals surface area contributed by atoms with Crippen LogP contribution in [0.5, 0.6) is 0 Å². The maximum absolute atomic E-state index is 11.0. The Morgan fingerprint density at radius 2 is 2.00 bits per heavy atom. The van der Waals surface area contributed by atoms with Crippen molar-refractivity contribution < 1.29 is 14.3 Å². The molecule has 1 fully saturated rings. The fraction of sp³-hybridized carbons (Fsp3) is 0.625. The van der Waals surface area contributed by atoms with Gasteiger partial charge in [0.2, 0.25) is 0 Å². The Bertz CT molecular complexity index is 258. The lowest BCUT2D eigenvalue weighted by molar-refractivity contribution is -0.135. The number of rotatable bonds is 1. The van der Waals surface area contributed by atoms with E-state index in [9.17, 15) is 4.79 Å². The van der Waals surface area contributed by atoms with Gasteiger partial charge in [0.25, 0.3) is 0 Å². The Morgan fingerprint density at radius 3 is 2.54 bits per heavy atom. The fourth-order valence-corrected chi connectivity index (χ4v) is 1.67. The minimum Gasteiger partial charge on any atom is -0.455 e. The van der Waals surface area contributed by atoms with Gasteiger partial charge in [-0.1, -0.05) is 11.6 Å². The zero-order chi connectivity index (χ0) is 9.26. The van der Waals surface area contributed by atoms with Crippen LogP contribution in [-0.2, 0) is 14.3 Å². The molecule has 0 atom stereocenters. The zero-order valence-electron chi connectivity index (χ0n) is 7.09. The number of hydrogen-bond acceptors (Lipinski definition) is 4. The third-order valence-electron chi connectivity index (χ3n) is 2.17. The first-order valence-corrected chi connectivity index (χ1v) is 4.55. The number of halogens is 1. The van der Waals surface area contributed by atoms with Gasteiger partial charge >= 0.3 is 5.97 Å². The summed E-state index contributed by atoms with van der Waals surface area (Å²) in [6.45, 7) is 3.23. The van der Waals surface area contributed by atoms with Crippen LogP contribution in [-0.4, -0.2) is 43.8 Å². The average molecular weight is 204 g/mol. The van der Waals surface area contributed by atoms with Gasteiger partial charge in [-0.05, 0) is 0 Å². The SMILES string of the molecule is O=C1OCC(N2CCOCC2)=C1Cl. The topological polar surface area (TPSA) is 38.8 Å². The Hall–Kier alpha value is -0.740. The maximum Gasteiger partial charge on any atom is 0.352 e. The van der Waals surface area contributed by atoms with E-state index in [-0.39, 0.29) is 5.03 Å². The number of carbonyl (C=O) groups is 1. The lowest BCUT2D eigenvalue weighted by Gasteiger charge is -2.28. The molecule has 0 amide bonds. The summed E-state index contributed by atoms with van der Waals surface area (Å²) in [5, 5.41) is 0.224. The number of esters is 1. The van der Waals surface area contributed by atoms with Crippen LogP contribution in [0.1, 0.15) is 0 Å². The number of ether oxygens (including phenoxy) is 2. The quantitative estimate of drug-likeness (QED) is 0.576. The monoisotopic (exact) mass is 203 g/mol. The molecule has 0 aliphatic carbocycles. The molecule has 0 aromatic rings. The van der Waals surface area contributed by atoms with Crippen LogP contribution in [0.3, 0.4) is 0 Å². The highest BCUT2D eigenvalue weighted by Crippen LogP contribution is 2.23. The maximum atomic E-state index is 11.0. The summed E-state index contributed by atoms with van der Waals surface area (Å²) >= 11 is 5.78. The summed E-state index contributed by atoms with van der Waals surface area (Å²) in [6, 6.07) is 0. The first kappa shape index (κ1) is 8.84. The summed E-state index contributed by atoms with van der Waals surface area (Å²) in [7, 11) is 0. The average Bonchev–Trinajstić information content (AvgIpc) is 2.49. The van der Waals surface area contributed by atoms with Crippen LogP contribution in [0.15, 0.2) is 10.7 Å². The Balaban J connectivity index is 2.11. The van der Waals surface area contributed by atoms with Crippen molar-refractivity contribution in [3.8, 4) is 0 Å². The van der Waals surface area contributed by atoms with E-state index < -0.39 is 5.97 Å². The molecule has 5 heteroatoms. The first-order valence-electron chi connectivity index (χ1n) is 4.17. The van der Waals surface area contributed by atoms with Crippen molar-refractivity contribution in [2.45, 2.75) is 0 Å². The first-order chi connectivity index (χ1) is 6.29. The van der Waals surface area contributed by atoms with Crippen LogP contribution in [0.2, 0.25) is 0 Å². The van der Waals surface area contributed by atoms with Gasteiger partial charge in [0, 0.05) is 13.1 Å². The van der Waals surface area contributed by atoms with Crippen molar-refractivity contribution in [2.24, 2.45) is 0 Å². The molecule has 1 saturated heterocycles. The molecular weight excluding hydrogens is 194 g/mol. The molecule has 2 heterocycles. The molecule has 13 heavy (non-hydrogen) atoms. The van der Waals surface area contributed by atoms with Crippen LogP contribution >= 0.6 is 11.6 Å². The Morgan fingerprint density at radius 1 is 1.31 bits per heavy atom. The van der Waals surface area contributed by atoms with Gasteiger partial charge in [0.15, 0.2) is 0 Å². The fourth-order valence-electron chi connectivity index (χ4n) is 1.44. The van der Waals surface area contributed by atoms with Crippen molar-refractivity contribution in [1.82, 2.24) is 4.90 Å². The van der Waals surface area contributed by atoms with Gasteiger partial charge in [0.1, 0.15) is 11.6 Å². The van der Waals surface area contributed by atoms with Gasteiger partial charge in [-0.25, -0.2) is 4.79 Å². The third kappa shape index (κ3) is 1.64. The molecule has 0 saturated carbocycles. The van der Waals surface area contributed by atoms with E-state index in [0.29, 0.717) is 19.8 Å². The van der Waals surface area contributed by atoms with E-state index in [1.54, 1.807) is 0 Å². The smallest absolute Gasteiger partial charge is 0.352 e. The highest BCUT2D eigenvalue weighted by molar-refractivity contribution is 6.42. The van der Waals surface area contributed by atoms with Crippen molar-refractivity contribution >= 4 is 17.6 Å². The standard InChI is InChI=1S/C8H10ClNO3/c9-7-6(5-13-8(7)11)10-1-3-12-4-2-10/h1-5H2. The Labute approximate surface area is 81.0 Å². The summed E-state index contributed by atoms with van der Waals surface area (Å²) in [5.74, 6) is -0.414. The second-order valence-electron chi connectivity index (χ2n) is 2.94. The molecule has 2 aliphatic heterocycles. The van der Waals surface area contributed by atoms with E-state index >= 15 is 0 Å². The van der Waals surface area contributed by atoms with Crippen molar-refractivity contribution in [3.05, 3.63) is 10.7 Å². The molecule has 2 aliphatic rings. The zero-order valence-corrected chi connectivity index (χ0v) is 7.84. The largest absolute Gasteiger partial charge is 0.455 e. The van der Waals surface area contributed by atoms with Crippen molar-refractivity contribution in [3.63, 3.8) is 0 Å². The second-order valence-corrected chi connectivity index (χ2v) is 3.31. The van der Waals surface area contributed by atoms with Gasteiger partial charge in [-0.15, -0.1) is 0 Å². The molecule has 72 valence electrons. The summed E-state index contributed by atoms with van der Waals surface area (Å²) < 4.78 is 9.99. The van der Waals surface area contributed by atoms with Crippen LogP contribution in [0, 0.1) is 0 Å². The van der Waals surface area contributed by atoms with E-state index in [1.165, 1.54) is 0 Å². The van der Waals surface area contributed by atoms with Crippen LogP contribution in [0.4, 0.5) is 0 Å². The minimum absolute atomic E-state index is 0.224. The normalized spacial score (nSPS) is 23.8. The molecule has 0 unspecified atom stereocenters. The van der Waals surface area contributed by atoms with E-state index in [1.807, 2.05) is 4.90 Å². The predicted octanol–water partition coefficient (Wildman–Crippen LogP) is 0.326. The molecule has 0 aromatic carbocycles. The minimum atomic E-state index is -0.414.